The summed E-state index contributed by atoms with van der Waals surface area (Å²) in [6.07, 6.45) is 1.33. The molecule has 16 heavy (non-hydrogen) atoms. The van der Waals surface area contributed by atoms with Gasteiger partial charge in [0.25, 0.3) is 0 Å². The third kappa shape index (κ3) is 2.12. The monoisotopic (exact) mass is 217 g/mol. The molecule has 0 spiro atoms. The largest absolute Gasteiger partial charge is 0.287 e. The van der Waals surface area contributed by atoms with E-state index in [2.05, 4.69) is 10.2 Å². The van der Waals surface area contributed by atoms with Crippen LogP contribution in [0, 0.1) is 5.92 Å². The molecule has 0 aromatic heterocycles. The van der Waals surface area contributed by atoms with Gasteiger partial charge in [-0.25, -0.2) is 5.06 Å². The Labute approximate surface area is 94.9 Å². The molecule has 1 atom stereocenters. The van der Waals surface area contributed by atoms with Crippen LogP contribution in [0.25, 0.3) is 5.70 Å². The Bertz CT molecular complexity index is 412. The molecule has 1 aliphatic heterocycles. The Morgan fingerprint density at radius 2 is 1.94 bits per heavy atom. The molecule has 0 amide bonds. The zero-order valence-electron chi connectivity index (χ0n) is 9.41. The van der Waals surface area contributed by atoms with Gasteiger partial charge in [-0.05, 0) is 5.92 Å². The molecule has 1 heterocycles. The summed E-state index contributed by atoms with van der Waals surface area (Å²) >= 11 is 0. The number of rotatable bonds is 2. The minimum Gasteiger partial charge on any atom is -0.287 e. The Morgan fingerprint density at radius 1 is 1.25 bits per heavy atom. The number of hydrogen-bond donors (Lipinski definition) is 1. The summed E-state index contributed by atoms with van der Waals surface area (Å²) in [5, 5.41) is 19.1. The van der Waals surface area contributed by atoms with Gasteiger partial charge in [0.05, 0.1) is 6.20 Å². The van der Waals surface area contributed by atoms with E-state index in [-0.39, 0.29) is 12.1 Å². The van der Waals surface area contributed by atoms with E-state index in [0.29, 0.717) is 5.70 Å². The zero-order valence-corrected chi connectivity index (χ0v) is 9.41. The minimum atomic E-state index is -0.285. The third-order valence-corrected chi connectivity index (χ3v) is 2.48. The molecule has 1 aliphatic rings. The highest BCUT2D eigenvalue weighted by Crippen LogP contribution is 2.24. The van der Waals surface area contributed by atoms with Crippen LogP contribution < -0.4 is 0 Å². The first kappa shape index (κ1) is 10.8. The van der Waals surface area contributed by atoms with Crippen LogP contribution in [0.15, 0.2) is 46.8 Å². The van der Waals surface area contributed by atoms with Crippen molar-refractivity contribution >= 4 is 5.70 Å². The predicted octanol–water partition coefficient (Wildman–Crippen LogP) is 3.12. The van der Waals surface area contributed by atoms with Gasteiger partial charge in [0.15, 0.2) is 6.17 Å². The first-order valence-corrected chi connectivity index (χ1v) is 5.34. The maximum atomic E-state index is 9.77. The van der Waals surface area contributed by atoms with Crippen molar-refractivity contribution in [1.82, 2.24) is 5.06 Å². The zero-order chi connectivity index (χ0) is 11.5. The fourth-order valence-electron chi connectivity index (χ4n) is 1.58. The second kappa shape index (κ2) is 4.45. The molecular weight excluding hydrogens is 202 g/mol. The molecule has 1 N–H and O–H groups in total. The van der Waals surface area contributed by atoms with Crippen molar-refractivity contribution in [2.75, 3.05) is 0 Å². The fourth-order valence-corrected chi connectivity index (χ4v) is 1.58. The number of hydrogen-bond acceptors (Lipinski definition) is 4. The van der Waals surface area contributed by atoms with Gasteiger partial charge in [0.1, 0.15) is 5.70 Å². The van der Waals surface area contributed by atoms with Crippen LogP contribution in [0.2, 0.25) is 0 Å². The smallest absolute Gasteiger partial charge is 0.168 e. The van der Waals surface area contributed by atoms with Gasteiger partial charge in [0.2, 0.25) is 0 Å². The van der Waals surface area contributed by atoms with Crippen LogP contribution in [0.1, 0.15) is 19.4 Å². The molecule has 1 aromatic rings. The molecular formula is C12H15N3O. The van der Waals surface area contributed by atoms with Crippen LogP contribution in [0.4, 0.5) is 0 Å². The highest BCUT2D eigenvalue weighted by Gasteiger charge is 2.21. The summed E-state index contributed by atoms with van der Waals surface area (Å²) in [5.41, 5.74) is 1.63. The molecule has 0 saturated heterocycles. The van der Waals surface area contributed by atoms with Crippen LogP contribution in [-0.4, -0.2) is 16.4 Å². The second-order valence-corrected chi connectivity index (χ2v) is 4.13. The average molecular weight is 217 g/mol. The fraction of sp³-hybridized carbons (Fsp3) is 0.333. The summed E-state index contributed by atoms with van der Waals surface area (Å²) in [6.45, 7) is 3.99. The number of nitrogens with zero attached hydrogens (tertiary/aromatic N) is 3. The van der Waals surface area contributed by atoms with Crippen LogP contribution in [-0.2, 0) is 0 Å². The molecule has 84 valence electrons. The summed E-state index contributed by atoms with van der Waals surface area (Å²) in [4.78, 5) is 0. The van der Waals surface area contributed by atoms with Crippen molar-refractivity contribution in [3.05, 3.63) is 42.1 Å². The van der Waals surface area contributed by atoms with Gasteiger partial charge < -0.3 is 0 Å². The highest BCUT2D eigenvalue weighted by atomic mass is 16.5. The SMILES string of the molecule is CC(C)C1N=NC(c2ccccc2)=CN1O. The van der Waals surface area contributed by atoms with E-state index in [1.165, 1.54) is 0 Å². The Morgan fingerprint density at radius 3 is 2.50 bits per heavy atom. The van der Waals surface area contributed by atoms with Gasteiger partial charge in [-0.3, -0.25) is 5.21 Å². The average Bonchev–Trinajstić information content (AvgIpc) is 2.29. The van der Waals surface area contributed by atoms with Crippen molar-refractivity contribution < 1.29 is 5.21 Å². The number of hydroxylamine groups is 2. The van der Waals surface area contributed by atoms with Gasteiger partial charge in [-0.2, -0.15) is 10.2 Å². The molecule has 0 bridgehead atoms. The lowest BCUT2D eigenvalue weighted by molar-refractivity contribution is -0.0936. The molecule has 4 heteroatoms. The van der Waals surface area contributed by atoms with Gasteiger partial charge in [-0.15, -0.1) is 0 Å². The standard InChI is InChI=1S/C12H15N3O/c1-9(2)12-14-13-11(8-15(12)16)10-6-4-3-5-7-10/h3-9,12,16H,1-2H3. The summed E-state index contributed by atoms with van der Waals surface area (Å²) < 4.78 is 0. The summed E-state index contributed by atoms with van der Waals surface area (Å²) in [5.74, 6) is 0.224. The van der Waals surface area contributed by atoms with E-state index in [1.54, 1.807) is 6.20 Å². The van der Waals surface area contributed by atoms with Crippen molar-refractivity contribution in [2.24, 2.45) is 16.1 Å². The van der Waals surface area contributed by atoms with Gasteiger partial charge in [-0.1, -0.05) is 44.2 Å². The van der Waals surface area contributed by atoms with E-state index in [9.17, 15) is 5.21 Å². The lowest BCUT2D eigenvalue weighted by atomic mass is 10.1. The second-order valence-electron chi connectivity index (χ2n) is 4.13. The van der Waals surface area contributed by atoms with E-state index in [1.807, 2.05) is 44.2 Å². The van der Waals surface area contributed by atoms with Gasteiger partial charge in [0, 0.05) is 5.56 Å². The molecule has 1 unspecified atom stereocenters. The quantitative estimate of drug-likeness (QED) is 0.827. The first-order valence-electron chi connectivity index (χ1n) is 5.34. The van der Waals surface area contributed by atoms with E-state index >= 15 is 0 Å². The van der Waals surface area contributed by atoms with Crippen molar-refractivity contribution in [2.45, 2.75) is 20.0 Å². The molecule has 1 aromatic carbocycles. The van der Waals surface area contributed by atoms with Crippen LogP contribution in [0.3, 0.4) is 0 Å². The third-order valence-electron chi connectivity index (χ3n) is 2.48. The van der Waals surface area contributed by atoms with Crippen molar-refractivity contribution in [1.29, 1.82) is 0 Å². The van der Waals surface area contributed by atoms with E-state index in [0.717, 1.165) is 10.6 Å². The topological polar surface area (TPSA) is 48.2 Å². The molecule has 2 rings (SSSR count). The van der Waals surface area contributed by atoms with Crippen molar-refractivity contribution in [3.8, 4) is 0 Å². The molecule has 0 aliphatic carbocycles. The minimum absolute atomic E-state index is 0.224. The first-order chi connectivity index (χ1) is 7.68. The van der Waals surface area contributed by atoms with Gasteiger partial charge >= 0.3 is 0 Å². The Balaban J connectivity index is 2.23. The van der Waals surface area contributed by atoms with E-state index < -0.39 is 0 Å². The lowest BCUT2D eigenvalue weighted by Crippen LogP contribution is -2.32. The Kier molecular flexibility index (Phi) is 3.01. The highest BCUT2D eigenvalue weighted by molar-refractivity contribution is 5.63. The normalized spacial score (nSPS) is 20.1. The van der Waals surface area contributed by atoms with Crippen molar-refractivity contribution in [3.63, 3.8) is 0 Å². The number of benzene rings is 1. The predicted molar refractivity (Wildman–Crippen MR) is 61.5 cm³/mol. The van der Waals surface area contributed by atoms with Crippen LogP contribution >= 0.6 is 0 Å². The van der Waals surface area contributed by atoms with E-state index in [4.69, 9.17) is 0 Å². The maximum absolute atomic E-state index is 9.77. The Hall–Kier alpha value is -1.68. The summed E-state index contributed by atoms with van der Waals surface area (Å²) in [7, 11) is 0. The maximum Gasteiger partial charge on any atom is 0.168 e. The number of azo groups is 1. The molecule has 4 nitrogen and oxygen atoms in total. The lowest BCUT2D eigenvalue weighted by Gasteiger charge is -2.26. The molecule has 0 saturated carbocycles. The molecule has 0 radical (unpaired) electrons. The molecule has 0 fully saturated rings. The summed E-state index contributed by atoms with van der Waals surface area (Å²) in [6, 6.07) is 9.68. The van der Waals surface area contributed by atoms with Crippen LogP contribution in [0.5, 0.6) is 0 Å².